The summed E-state index contributed by atoms with van der Waals surface area (Å²) in [6, 6.07) is 8.70. The summed E-state index contributed by atoms with van der Waals surface area (Å²) in [6.07, 6.45) is 5.87. The Kier molecular flexibility index (Phi) is 9.16. The molecule has 2 amide bonds. The van der Waals surface area contributed by atoms with Gasteiger partial charge in [0.05, 0.1) is 6.42 Å². The SMILES string of the molecule is CC(C)[C@H](NC(=O)Cc1ccccc1)C(=O)O[C@@H](C)C(=O)NC1CCCCCC1. The molecule has 0 bridgehead atoms. The third-order valence-corrected chi connectivity index (χ3v) is 5.31. The minimum absolute atomic E-state index is 0.151. The molecule has 1 aromatic rings. The molecule has 160 valence electrons. The van der Waals surface area contributed by atoms with Crippen LogP contribution < -0.4 is 10.6 Å². The molecule has 0 aromatic heterocycles. The zero-order valence-electron chi connectivity index (χ0n) is 17.8. The molecule has 0 aliphatic heterocycles. The first kappa shape index (κ1) is 22.9. The van der Waals surface area contributed by atoms with Crippen LogP contribution >= 0.6 is 0 Å². The highest BCUT2D eigenvalue weighted by molar-refractivity contribution is 5.88. The number of nitrogens with one attached hydrogen (secondary N) is 2. The van der Waals surface area contributed by atoms with Crippen LogP contribution in [0.5, 0.6) is 0 Å². The summed E-state index contributed by atoms with van der Waals surface area (Å²) in [5.74, 6) is -1.25. The second-order valence-corrected chi connectivity index (χ2v) is 8.23. The summed E-state index contributed by atoms with van der Waals surface area (Å²) in [5, 5.41) is 5.76. The highest BCUT2D eigenvalue weighted by Gasteiger charge is 2.29. The van der Waals surface area contributed by atoms with E-state index in [4.69, 9.17) is 4.74 Å². The van der Waals surface area contributed by atoms with Gasteiger partial charge in [0.15, 0.2) is 6.10 Å². The van der Waals surface area contributed by atoms with Gasteiger partial charge in [-0.25, -0.2) is 4.79 Å². The van der Waals surface area contributed by atoms with Gasteiger partial charge in [0.2, 0.25) is 5.91 Å². The van der Waals surface area contributed by atoms with Gasteiger partial charge in [-0.3, -0.25) is 9.59 Å². The summed E-state index contributed by atoms with van der Waals surface area (Å²) in [5.41, 5.74) is 0.872. The average molecular weight is 403 g/mol. The van der Waals surface area contributed by atoms with E-state index in [2.05, 4.69) is 10.6 Å². The fourth-order valence-corrected chi connectivity index (χ4v) is 3.55. The highest BCUT2D eigenvalue weighted by atomic mass is 16.5. The lowest BCUT2D eigenvalue weighted by atomic mass is 10.0. The predicted molar refractivity (Wildman–Crippen MR) is 112 cm³/mol. The number of carbonyl (C=O) groups excluding carboxylic acids is 3. The van der Waals surface area contributed by atoms with E-state index in [-0.39, 0.29) is 30.2 Å². The van der Waals surface area contributed by atoms with Crippen LogP contribution in [0.3, 0.4) is 0 Å². The Morgan fingerprint density at radius 3 is 2.21 bits per heavy atom. The van der Waals surface area contributed by atoms with Crippen LogP contribution in [0.4, 0.5) is 0 Å². The van der Waals surface area contributed by atoms with Gasteiger partial charge in [0.25, 0.3) is 5.91 Å². The van der Waals surface area contributed by atoms with Crippen LogP contribution in [-0.4, -0.2) is 36.0 Å². The third kappa shape index (κ3) is 7.87. The summed E-state index contributed by atoms with van der Waals surface area (Å²) >= 11 is 0. The molecule has 0 unspecified atom stereocenters. The molecule has 0 radical (unpaired) electrons. The third-order valence-electron chi connectivity index (χ3n) is 5.31. The summed E-state index contributed by atoms with van der Waals surface area (Å²) in [7, 11) is 0. The molecular weight excluding hydrogens is 368 g/mol. The molecular formula is C23H34N2O4. The fraction of sp³-hybridized carbons (Fsp3) is 0.609. The van der Waals surface area contributed by atoms with Crippen LogP contribution in [0.1, 0.15) is 64.9 Å². The Labute approximate surface area is 173 Å². The molecule has 1 aliphatic rings. The molecule has 1 saturated carbocycles. The first-order chi connectivity index (χ1) is 13.9. The largest absolute Gasteiger partial charge is 0.451 e. The first-order valence-corrected chi connectivity index (χ1v) is 10.7. The number of hydrogen-bond donors (Lipinski definition) is 2. The van der Waals surface area contributed by atoms with E-state index in [0.29, 0.717) is 0 Å². The van der Waals surface area contributed by atoms with E-state index in [1.54, 1.807) is 6.92 Å². The maximum absolute atomic E-state index is 12.6. The van der Waals surface area contributed by atoms with Crippen LogP contribution in [-0.2, 0) is 25.5 Å². The van der Waals surface area contributed by atoms with Gasteiger partial charge in [-0.1, -0.05) is 69.9 Å². The number of rotatable bonds is 8. The Hall–Kier alpha value is -2.37. The van der Waals surface area contributed by atoms with Crippen molar-refractivity contribution >= 4 is 17.8 Å². The quantitative estimate of drug-likeness (QED) is 0.517. The Bertz CT molecular complexity index is 667. The van der Waals surface area contributed by atoms with Crippen LogP contribution in [0.2, 0.25) is 0 Å². The lowest BCUT2D eigenvalue weighted by Crippen LogP contribution is -2.49. The summed E-state index contributed by atoms with van der Waals surface area (Å²) in [6.45, 7) is 5.25. The predicted octanol–water partition coefficient (Wildman–Crippen LogP) is 3.14. The van der Waals surface area contributed by atoms with Crippen LogP contribution in [0.15, 0.2) is 30.3 Å². The van der Waals surface area contributed by atoms with Crippen molar-refractivity contribution in [3.05, 3.63) is 35.9 Å². The van der Waals surface area contributed by atoms with Crippen molar-refractivity contribution in [2.24, 2.45) is 5.92 Å². The molecule has 1 fully saturated rings. The Morgan fingerprint density at radius 1 is 1.00 bits per heavy atom. The second-order valence-electron chi connectivity index (χ2n) is 8.23. The molecule has 1 aliphatic carbocycles. The maximum Gasteiger partial charge on any atom is 0.329 e. The number of amides is 2. The van der Waals surface area contributed by atoms with Gasteiger partial charge in [-0.2, -0.15) is 0 Å². The monoisotopic (exact) mass is 402 g/mol. The lowest BCUT2D eigenvalue weighted by Gasteiger charge is -2.24. The van der Waals surface area contributed by atoms with Crippen molar-refractivity contribution in [3.63, 3.8) is 0 Å². The van der Waals surface area contributed by atoms with Crippen molar-refractivity contribution in [2.45, 2.75) is 83.9 Å². The molecule has 6 nitrogen and oxygen atoms in total. The lowest BCUT2D eigenvalue weighted by molar-refractivity contribution is -0.158. The number of esters is 1. The maximum atomic E-state index is 12.6. The van der Waals surface area contributed by atoms with Crippen molar-refractivity contribution in [3.8, 4) is 0 Å². The van der Waals surface area contributed by atoms with Crippen molar-refractivity contribution in [1.82, 2.24) is 10.6 Å². The standard InChI is InChI=1S/C23H34N2O4/c1-16(2)21(25-20(26)15-18-11-7-6-8-12-18)23(28)29-17(3)22(27)24-19-13-9-4-5-10-14-19/h6-8,11-12,16-17,19,21H,4-5,9-10,13-15H2,1-3H3,(H,24,27)(H,25,26)/t17-,21-/m0/s1. The molecule has 2 N–H and O–H groups in total. The summed E-state index contributed by atoms with van der Waals surface area (Å²) < 4.78 is 5.39. The smallest absolute Gasteiger partial charge is 0.329 e. The molecule has 6 heteroatoms. The fourth-order valence-electron chi connectivity index (χ4n) is 3.55. The second kappa shape index (κ2) is 11.6. The zero-order chi connectivity index (χ0) is 21.2. The van der Waals surface area contributed by atoms with Gasteiger partial charge in [-0.05, 0) is 31.2 Å². The molecule has 2 atom stereocenters. The first-order valence-electron chi connectivity index (χ1n) is 10.7. The van der Waals surface area contributed by atoms with E-state index in [9.17, 15) is 14.4 Å². The molecule has 1 aromatic carbocycles. The molecule has 0 spiro atoms. The average Bonchev–Trinajstić information content (AvgIpc) is 2.95. The molecule has 29 heavy (non-hydrogen) atoms. The van der Waals surface area contributed by atoms with Crippen molar-refractivity contribution in [1.29, 1.82) is 0 Å². The molecule has 2 rings (SSSR count). The normalized spacial score (nSPS) is 17.1. The van der Waals surface area contributed by atoms with Gasteiger partial charge in [-0.15, -0.1) is 0 Å². The minimum Gasteiger partial charge on any atom is -0.451 e. The van der Waals surface area contributed by atoms with Crippen molar-refractivity contribution in [2.75, 3.05) is 0 Å². The minimum atomic E-state index is -0.891. The Balaban J connectivity index is 1.87. The number of benzene rings is 1. The van der Waals surface area contributed by atoms with Crippen molar-refractivity contribution < 1.29 is 19.1 Å². The number of carbonyl (C=O) groups is 3. The van der Waals surface area contributed by atoms with E-state index in [0.717, 1.165) is 31.2 Å². The topological polar surface area (TPSA) is 84.5 Å². The zero-order valence-corrected chi connectivity index (χ0v) is 17.8. The van der Waals surface area contributed by atoms with E-state index in [1.807, 2.05) is 44.2 Å². The van der Waals surface area contributed by atoms with Gasteiger partial charge < -0.3 is 15.4 Å². The van der Waals surface area contributed by atoms with E-state index < -0.39 is 18.1 Å². The summed E-state index contributed by atoms with van der Waals surface area (Å²) in [4.78, 5) is 37.4. The van der Waals surface area contributed by atoms with E-state index in [1.165, 1.54) is 12.8 Å². The molecule has 0 saturated heterocycles. The van der Waals surface area contributed by atoms with Gasteiger partial charge in [0, 0.05) is 6.04 Å². The highest BCUT2D eigenvalue weighted by Crippen LogP contribution is 2.17. The van der Waals surface area contributed by atoms with Gasteiger partial charge >= 0.3 is 5.97 Å². The number of ether oxygens (including phenoxy) is 1. The Morgan fingerprint density at radius 2 is 1.62 bits per heavy atom. The molecule has 0 heterocycles. The van der Waals surface area contributed by atoms with Crippen LogP contribution in [0, 0.1) is 5.92 Å². The van der Waals surface area contributed by atoms with E-state index >= 15 is 0 Å². The van der Waals surface area contributed by atoms with Crippen LogP contribution in [0.25, 0.3) is 0 Å². The van der Waals surface area contributed by atoms with Gasteiger partial charge in [0.1, 0.15) is 6.04 Å². The number of hydrogen-bond acceptors (Lipinski definition) is 4.